The van der Waals surface area contributed by atoms with Crippen LogP contribution in [-0.4, -0.2) is 25.0 Å². The number of hydrogen-bond acceptors (Lipinski definition) is 3. The average Bonchev–Trinajstić information content (AvgIpc) is 2.27. The summed E-state index contributed by atoms with van der Waals surface area (Å²) in [4.78, 5) is 10.9. The van der Waals surface area contributed by atoms with E-state index in [9.17, 15) is 4.79 Å². The first-order chi connectivity index (χ1) is 7.22. The van der Waals surface area contributed by atoms with Crippen molar-refractivity contribution in [3.8, 4) is 0 Å². The molecule has 4 nitrogen and oxygen atoms in total. The molecular formula is C11H17N3O. The fourth-order valence-corrected chi connectivity index (χ4v) is 1.31. The highest BCUT2D eigenvalue weighted by Gasteiger charge is 2.05. The van der Waals surface area contributed by atoms with Gasteiger partial charge in [-0.15, -0.1) is 0 Å². The van der Waals surface area contributed by atoms with Crippen LogP contribution in [0.4, 0.5) is 0 Å². The van der Waals surface area contributed by atoms with E-state index in [-0.39, 0.29) is 18.5 Å². The van der Waals surface area contributed by atoms with Crippen LogP contribution in [0.15, 0.2) is 30.3 Å². The maximum atomic E-state index is 10.9. The van der Waals surface area contributed by atoms with Gasteiger partial charge in [-0.2, -0.15) is 0 Å². The summed E-state index contributed by atoms with van der Waals surface area (Å²) in [6.07, 6.45) is 0.756. The first-order valence-electron chi connectivity index (χ1n) is 4.98. The van der Waals surface area contributed by atoms with Crippen molar-refractivity contribution >= 4 is 5.91 Å². The van der Waals surface area contributed by atoms with E-state index in [4.69, 9.17) is 11.5 Å². The average molecular weight is 207 g/mol. The fourth-order valence-electron chi connectivity index (χ4n) is 1.31. The lowest BCUT2D eigenvalue weighted by Crippen LogP contribution is -2.40. The van der Waals surface area contributed by atoms with E-state index in [0.717, 1.165) is 6.42 Å². The molecule has 0 aliphatic heterocycles. The molecule has 15 heavy (non-hydrogen) atoms. The number of amides is 1. The number of nitrogens with two attached hydrogens (primary N) is 2. The van der Waals surface area contributed by atoms with Gasteiger partial charge in [-0.25, -0.2) is 0 Å². The maximum absolute atomic E-state index is 10.9. The van der Waals surface area contributed by atoms with Gasteiger partial charge in [0.05, 0.1) is 6.54 Å². The largest absolute Gasteiger partial charge is 0.353 e. The number of nitrogens with one attached hydrogen (secondary N) is 1. The summed E-state index contributed by atoms with van der Waals surface area (Å²) >= 11 is 0. The van der Waals surface area contributed by atoms with Crippen LogP contribution in [0.1, 0.15) is 5.56 Å². The second-order valence-electron chi connectivity index (χ2n) is 3.46. The number of benzene rings is 1. The van der Waals surface area contributed by atoms with E-state index in [0.29, 0.717) is 6.54 Å². The molecule has 0 saturated carbocycles. The number of carbonyl (C=O) groups is 1. The van der Waals surface area contributed by atoms with Gasteiger partial charge >= 0.3 is 0 Å². The van der Waals surface area contributed by atoms with Gasteiger partial charge in [-0.05, 0) is 12.0 Å². The molecule has 0 aromatic heterocycles. The van der Waals surface area contributed by atoms with Crippen molar-refractivity contribution in [3.05, 3.63) is 35.9 Å². The molecule has 0 aliphatic rings. The van der Waals surface area contributed by atoms with Gasteiger partial charge in [-0.3, -0.25) is 4.79 Å². The maximum Gasteiger partial charge on any atom is 0.233 e. The van der Waals surface area contributed by atoms with E-state index in [1.54, 1.807) is 0 Å². The van der Waals surface area contributed by atoms with Gasteiger partial charge in [-0.1, -0.05) is 30.3 Å². The molecule has 0 aliphatic carbocycles. The van der Waals surface area contributed by atoms with Crippen molar-refractivity contribution in [1.82, 2.24) is 5.32 Å². The Hall–Kier alpha value is -1.39. The molecule has 4 heteroatoms. The minimum Gasteiger partial charge on any atom is -0.353 e. The lowest BCUT2D eigenvalue weighted by atomic mass is 10.1. The van der Waals surface area contributed by atoms with Crippen LogP contribution in [-0.2, 0) is 11.2 Å². The molecule has 5 N–H and O–H groups in total. The number of carbonyl (C=O) groups excluding carboxylic acids is 1. The third-order valence-electron chi connectivity index (χ3n) is 2.09. The molecule has 0 fully saturated rings. The quantitative estimate of drug-likeness (QED) is 0.616. The molecule has 0 unspecified atom stereocenters. The summed E-state index contributed by atoms with van der Waals surface area (Å²) in [5, 5.41) is 2.66. The second-order valence-corrected chi connectivity index (χ2v) is 3.46. The summed E-state index contributed by atoms with van der Waals surface area (Å²) in [5.74, 6) is -0.168. The summed E-state index contributed by atoms with van der Waals surface area (Å²) in [7, 11) is 0. The number of rotatable bonds is 5. The van der Waals surface area contributed by atoms with Crippen LogP contribution in [0, 0.1) is 0 Å². The van der Waals surface area contributed by atoms with E-state index in [1.807, 2.05) is 30.3 Å². The molecule has 1 amide bonds. The van der Waals surface area contributed by atoms with Crippen LogP contribution in [0.3, 0.4) is 0 Å². The van der Waals surface area contributed by atoms with Gasteiger partial charge in [0.2, 0.25) is 5.91 Å². The highest BCUT2D eigenvalue weighted by Crippen LogP contribution is 2.00. The highest BCUT2D eigenvalue weighted by molar-refractivity contribution is 5.77. The van der Waals surface area contributed by atoms with Gasteiger partial charge in [0.25, 0.3) is 0 Å². The van der Waals surface area contributed by atoms with Crippen molar-refractivity contribution < 1.29 is 4.79 Å². The second kappa shape index (κ2) is 6.16. The van der Waals surface area contributed by atoms with Crippen molar-refractivity contribution in [2.24, 2.45) is 11.5 Å². The van der Waals surface area contributed by atoms with Crippen molar-refractivity contribution in [1.29, 1.82) is 0 Å². The predicted octanol–water partition coefficient (Wildman–Crippen LogP) is -0.369. The zero-order chi connectivity index (χ0) is 11.1. The van der Waals surface area contributed by atoms with E-state index in [1.165, 1.54) is 5.56 Å². The number of hydrogen-bond donors (Lipinski definition) is 3. The van der Waals surface area contributed by atoms with E-state index < -0.39 is 0 Å². The van der Waals surface area contributed by atoms with Crippen LogP contribution >= 0.6 is 0 Å². The van der Waals surface area contributed by atoms with Crippen molar-refractivity contribution in [2.75, 3.05) is 13.1 Å². The lowest BCUT2D eigenvalue weighted by molar-refractivity contribution is -0.119. The van der Waals surface area contributed by atoms with Gasteiger partial charge in [0.15, 0.2) is 0 Å². The molecule has 1 aromatic carbocycles. The van der Waals surface area contributed by atoms with Crippen molar-refractivity contribution in [2.45, 2.75) is 12.5 Å². The molecule has 0 spiro atoms. The Morgan fingerprint density at radius 3 is 2.60 bits per heavy atom. The van der Waals surface area contributed by atoms with Crippen LogP contribution in [0.2, 0.25) is 0 Å². The predicted molar refractivity (Wildman–Crippen MR) is 60.2 cm³/mol. The Labute approximate surface area is 89.6 Å². The highest BCUT2D eigenvalue weighted by atomic mass is 16.1. The summed E-state index contributed by atoms with van der Waals surface area (Å²) < 4.78 is 0. The molecule has 82 valence electrons. The molecule has 1 atom stereocenters. The van der Waals surface area contributed by atoms with E-state index in [2.05, 4.69) is 5.32 Å². The van der Waals surface area contributed by atoms with Gasteiger partial charge in [0.1, 0.15) is 0 Å². The minimum atomic E-state index is -0.168. The normalized spacial score (nSPS) is 12.1. The SMILES string of the molecule is NCC(=O)NC[C@H](N)Cc1ccccc1. The first kappa shape index (κ1) is 11.7. The smallest absolute Gasteiger partial charge is 0.233 e. The monoisotopic (exact) mass is 207 g/mol. The third kappa shape index (κ3) is 4.58. The zero-order valence-corrected chi connectivity index (χ0v) is 8.65. The Morgan fingerprint density at radius 2 is 2.00 bits per heavy atom. The Morgan fingerprint density at radius 1 is 1.33 bits per heavy atom. The molecule has 1 rings (SSSR count). The van der Waals surface area contributed by atoms with Crippen LogP contribution in [0.5, 0.6) is 0 Å². The van der Waals surface area contributed by atoms with Gasteiger partial charge < -0.3 is 16.8 Å². The first-order valence-corrected chi connectivity index (χ1v) is 4.98. The molecule has 0 heterocycles. The Bertz CT molecular complexity index is 300. The van der Waals surface area contributed by atoms with Crippen molar-refractivity contribution in [3.63, 3.8) is 0 Å². The molecule has 1 aromatic rings. The summed E-state index contributed by atoms with van der Waals surface area (Å²) in [6, 6.07) is 9.88. The Kier molecular flexibility index (Phi) is 4.80. The molecule has 0 saturated heterocycles. The summed E-state index contributed by atoms with van der Waals surface area (Å²) in [5.41, 5.74) is 12.2. The topological polar surface area (TPSA) is 81.1 Å². The molecule has 0 radical (unpaired) electrons. The van der Waals surface area contributed by atoms with Gasteiger partial charge in [0, 0.05) is 12.6 Å². The van der Waals surface area contributed by atoms with Crippen LogP contribution in [0.25, 0.3) is 0 Å². The third-order valence-corrected chi connectivity index (χ3v) is 2.09. The molecular weight excluding hydrogens is 190 g/mol. The van der Waals surface area contributed by atoms with Crippen LogP contribution < -0.4 is 16.8 Å². The zero-order valence-electron chi connectivity index (χ0n) is 8.65. The lowest BCUT2D eigenvalue weighted by Gasteiger charge is -2.12. The molecule has 0 bridgehead atoms. The fraction of sp³-hybridized carbons (Fsp3) is 0.364. The summed E-state index contributed by atoms with van der Waals surface area (Å²) in [6.45, 7) is 0.475. The van der Waals surface area contributed by atoms with E-state index >= 15 is 0 Å². The standard InChI is InChI=1S/C11H17N3O/c12-7-11(15)14-8-10(13)6-9-4-2-1-3-5-9/h1-5,10H,6-8,12-13H2,(H,14,15)/t10-/m1/s1. The minimum absolute atomic E-state index is 0.0120. The Balaban J connectivity index is 2.30.